The number of H-pyrrole nitrogens is 1. The standard InChI is InChI=1S/C24H22N4O2S/c1-17(19-11-13-20(14-12-19)30-15-18-7-3-2-4-8-18)27-28-23(29)16-31-24-25-21-9-5-6-10-22(21)26-24/h2-14H,15-16H2,1H3,(H,25,26)(H,28,29)/b27-17-. The lowest BCUT2D eigenvalue weighted by atomic mass is 10.1. The van der Waals surface area contributed by atoms with Gasteiger partial charge in [-0.3, -0.25) is 4.79 Å². The summed E-state index contributed by atoms with van der Waals surface area (Å²) in [4.78, 5) is 19.8. The Hall–Kier alpha value is -3.58. The molecule has 0 saturated heterocycles. The number of carbonyl (C=O) groups excluding carboxylic acids is 1. The minimum Gasteiger partial charge on any atom is -0.489 e. The van der Waals surface area contributed by atoms with Crippen molar-refractivity contribution in [2.75, 3.05) is 5.75 Å². The van der Waals surface area contributed by atoms with Crippen LogP contribution in [0, 0.1) is 0 Å². The van der Waals surface area contributed by atoms with Gasteiger partial charge in [0.05, 0.1) is 22.5 Å². The first-order valence-corrected chi connectivity index (χ1v) is 10.8. The van der Waals surface area contributed by atoms with Crippen molar-refractivity contribution in [3.05, 3.63) is 90.0 Å². The second-order valence-corrected chi connectivity index (χ2v) is 7.84. The van der Waals surface area contributed by atoms with Crippen LogP contribution in [-0.2, 0) is 11.4 Å². The summed E-state index contributed by atoms with van der Waals surface area (Å²) >= 11 is 1.34. The molecular weight excluding hydrogens is 408 g/mol. The van der Waals surface area contributed by atoms with Crippen LogP contribution in [0.1, 0.15) is 18.1 Å². The summed E-state index contributed by atoms with van der Waals surface area (Å²) in [5, 5.41) is 4.92. The fraction of sp³-hybridized carbons (Fsp3) is 0.125. The van der Waals surface area contributed by atoms with Gasteiger partial charge in [0.2, 0.25) is 0 Å². The predicted octanol–water partition coefficient (Wildman–Crippen LogP) is 4.77. The number of imidazole rings is 1. The summed E-state index contributed by atoms with van der Waals surface area (Å²) in [5.74, 6) is 0.822. The number of fused-ring (bicyclic) bond motifs is 1. The van der Waals surface area contributed by atoms with Crippen LogP contribution in [0.2, 0.25) is 0 Å². The van der Waals surface area contributed by atoms with Crippen LogP contribution in [0.4, 0.5) is 0 Å². The average molecular weight is 431 g/mol. The lowest BCUT2D eigenvalue weighted by Crippen LogP contribution is -2.21. The van der Waals surface area contributed by atoms with Crippen molar-refractivity contribution < 1.29 is 9.53 Å². The lowest BCUT2D eigenvalue weighted by molar-refractivity contribution is -0.118. The molecule has 0 saturated carbocycles. The highest BCUT2D eigenvalue weighted by atomic mass is 32.2. The number of hydrogen-bond acceptors (Lipinski definition) is 5. The maximum Gasteiger partial charge on any atom is 0.250 e. The fourth-order valence-corrected chi connectivity index (χ4v) is 3.59. The molecule has 4 aromatic rings. The molecule has 4 rings (SSSR count). The van der Waals surface area contributed by atoms with E-state index >= 15 is 0 Å². The Bertz CT molecular complexity index is 1150. The van der Waals surface area contributed by atoms with Gasteiger partial charge in [-0.25, -0.2) is 10.4 Å². The van der Waals surface area contributed by atoms with Gasteiger partial charge in [-0.15, -0.1) is 0 Å². The molecule has 0 aliphatic rings. The molecule has 0 spiro atoms. The van der Waals surface area contributed by atoms with Gasteiger partial charge in [-0.1, -0.05) is 54.2 Å². The van der Waals surface area contributed by atoms with Crippen molar-refractivity contribution >= 4 is 34.4 Å². The number of para-hydroxylation sites is 2. The van der Waals surface area contributed by atoms with E-state index in [1.54, 1.807) is 0 Å². The summed E-state index contributed by atoms with van der Waals surface area (Å²) in [5.41, 5.74) is 7.19. The Labute approximate surface area is 184 Å². The zero-order chi connectivity index (χ0) is 21.5. The lowest BCUT2D eigenvalue weighted by Gasteiger charge is -2.07. The normalized spacial score (nSPS) is 11.5. The second-order valence-electron chi connectivity index (χ2n) is 6.88. The summed E-state index contributed by atoms with van der Waals surface area (Å²) in [6.45, 7) is 2.37. The maximum absolute atomic E-state index is 12.1. The van der Waals surface area contributed by atoms with E-state index in [4.69, 9.17) is 4.74 Å². The highest BCUT2D eigenvalue weighted by molar-refractivity contribution is 7.99. The van der Waals surface area contributed by atoms with Gasteiger partial charge in [0.25, 0.3) is 5.91 Å². The first-order chi connectivity index (χ1) is 15.2. The molecule has 7 heteroatoms. The van der Waals surface area contributed by atoms with Gasteiger partial charge < -0.3 is 9.72 Å². The number of hydrazone groups is 1. The number of rotatable bonds is 8. The molecule has 0 unspecified atom stereocenters. The van der Waals surface area contributed by atoms with Crippen molar-refractivity contribution in [2.45, 2.75) is 18.7 Å². The summed E-state index contributed by atoms with van der Waals surface area (Å²) < 4.78 is 5.80. The van der Waals surface area contributed by atoms with Gasteiger partial charge in [0, 0.05) is 0 Å². The van der Waals surface area contributed by atoms with Crippen LogP contribution in [-0.4, -0.2) is 27.3 Å². The Kier molecular flexibility index (Phi) is 6.64. The number of aromatic amines is 1. The molecule has 3 aromatic carbocycles. The average Bonchev–Trinajstić information content (AvgIpc) is 3.24. The molecule has 6 nitrogen and oxygen atoms in total. The third kappa shape index (κ3) is 5.73. The third-order valence-electron chi connectivity index (χ3n) is 4.58. The zero-order valence-electron chi connectivity index (χ0n) is 17.0. The van der Waals surface area contributed by atoms with Crippen LogP contribution < -0.4 is 10.2 Å². The second kappa shape index (κ2) is 9.95. The monoisotopic (exact) mass is 430 g/mol. The van der Waals surface area contributed by atoms with E-state index in [1.165, 1.54) is 11.8 Å². The number of thioether (sulfide) groups is 1. The van der Waals surface area contributed by atoms with Crippen molar-refractivity contribution in [2.24, 2.45) is 5.10 Å². The molecule has 1 aromatic heterocycles. The number of amides is 1. The van der Waals surface area contributed by atoms with Crippen LogP contribution in [0.3, 0.4) is 0 Å². The molecule has 156 valence electrons. The van der Waals surface area contributed by atoms with Crippen LogP contribution in [0.5, 0.6) is 5.75 Å². The van der Waals surface area contributed by atoms with E-state index in [-0.39, 0.29) is 11.7 Å². The van der Waals surface area contributed by atoms with Crippen LogP contribution in [0.25, 0.3) is 11.0 Å². The number of nitrogens with one attached hydrogen (secondary N) is 2. The Morgan fingerprint density at radius 2 is 1.77 bits per heavy atom. The molecule has 1 amide bonds. The van der Waals surface area contributed by atoms with Crippen molar-refractivity contribution in [1.82, 2.24) is 15.4 Å². The maximum atomic E-state index is 12.1. The zero-order valence-corrected chi connectivity index (χ0v) is 17.9. The van der Waals surface area contributed by atoms with Crippen LogP contribution >= 0.6 is 11.8 Å². The summed E-state index contributed by atoms with van der Waals surface area (Å²) in [6, 6.07) is 25.4. The molecule has 0 aliphatic carbocycles. The van der Waals surface area contributed by atoms with E-state index in [9.17, 15) is 4.79 Å². The van der Waals surface area contributed by atoms with E-state index in [0.717, 1.165) is 33.6 Å². The van der Waals surface area contributed by atoms with Crippen molar-refractivity contribution in [3.8, 4) is 5.75 Å². The minimum absolute atomic E-state index is 0.187. The van der Waals surface area contributed by atoms with Gasteiger partial charge in [-0.05, 0) is 54.4 Å². The minimum atomic E-state index is -0.187. The number of benzene rings is 3. The van der Waals surface area contributed by atoms with Crippen molar-refractivity contribution in [3.63, 3.8) is 0 Å². The first kappa shape index (κ1) is 20.7. The highest BCUT2D eigenvalue weighted by Gasteiger charge is 2.07. The summed E-state index contributed by atoms with van der Waals surface area (Å²) in [7, 11) is 0. The topological polar surface area (TPSA) is 79.4 Å². The van der Waals surface area contributed by atoms with Gasteiger partial charge in [0.1, 0.15) is 12.4 Å². The molecule has 1 heterocycles. The number of hydrogen-bond donors (Lipinski definition) is 2. The molecule has 0 aliphatic heterocycles. The number of nitrogens with zero attached hydrogens (tertiary/aromatic N) is 2. The van der Waals surface area contributed by atoms with E-state index in [2.05, 4.69) is 20.5 Å². The largest absolute Gasteiger partial charge is 0.489 e. The third-order valence-corrected chi connectivity index (χ3v) is 5.45. The van der Waals surface area contributed by atoms with E-state index in [0.29, 0.717) is 11.8 Å². The molecular formula is C24H22N4O2S. The molecule has 0 bridgehead atoms. The molecule has 31 heavy (non-hydrogen) atoms. The van der Waals surface area contributed by atoms with Crippen LogP contribution in [0.15, 0.2) is 89.1 Å². The first-order valence-electron chi connectivity index (χ1n) is 9.85. The van der Waals surface area contributed by atoms with E-state index in [1.807, 2.05) is 85.8 Å². The quantitative estimate of drug-likeness (QED) is 0.240. The molecule has 0 atom stereocenters. The Morgan fingerprint density at radius 3 is 2.55 bits per heavy atom. The molecule has 0 radical (unpaired) electrons. The fourth-order valence-electron chi connectivity index (χ4n) is 2.91. The van der Waals surface area contributed by atoms with Crippen molar-refractivity contribution in [1.29, 1.82) is 0 Å². The number of carbonyl (C=O) groups is 1. The van der Waals surface area contributed by atoms with E-state index < -0.39 is 0 Å². The molecule has 2 N–H and O–H groups in total. The SMILES string of the molecule is C/C(=N/NC(=O)CSc1nc2ccccc2[nH]1)c1ccc(OCc2ccccc2)cc1. The Balaban J connectivity index is 1.26. The highest BCUT2D eigenvalue weighted by Crippen LogP contribution is 2.19. The molecule has 0 fully saturated rings. The number of aromatic nitrogens is 2. The number of ether oxygens (including phenoxy) is 1. The Morgan fingerprint density at radius 1 is 1.03 bits per heavy atom. The smallest absolute Gasteiger partial charge is 0.250 e. The predicted molar refractivity (Wildman–Crippen MR) is 124 cm³/mol. The van der Waals surface area contributed by atoms with Gasteiger partial charge >= 0.3 is 0 Å². The van der Waals surface area contributed by atoms with Gasteiger partial charge in [-0.2, -0.15) is 5.10 Å². The van der Waals surface area contributed by atoms with Gasteiger partial charge in [0.15, 0.2) is 5.16 Å². The summed E-state index contributed by atoms with van der Waals surface area (Å²) in [6.07, 6.45) is 0.